The standard InChI is InChI=1S/C44H50N4O4/c1-44(2,3)52-41(49)27-31-15-18-36(19-16-31)48-25-23-34(24-26-48)35-17-20-37-39(28-35)47(4)46-42(37)38-21-22-40(50-29-32-11-7-5-8-12-32)45-43(38)51-30-33-13-9-6-10-14-33/h5-14,17,20-23,28,31,36H,15-16,18-19,24-27,29-30H2,1-4H3. The fourth-order valence-electron chi connectivity index (χ4n) is 7.52. The molecule has 3 heterocycles. The zero-order chi connectivity index (χ0) is 36.1. The molecule has 8 heteroatoms. The zero-order valence-corrected chi connectivity index (χ0v) is 30.9. The van der Waals surface area contributed by atoms with Gasteiger partial charge in [-0.25, -0.2) is 0 Å². The summed E-state index contributed by atoms with van der Waals surface area (Å²) in [5, 5.41) is 6.05. The van der Waals surface area contributed by atoms with E-state index in [2.05, 4.69) is 29.2 Å². The summed E-state index contributed by atoms with van der Waals surface area (Å²) in [6, 6.07) is 31.4. The summed E-state index contributed by atoms with van der Waals surface area (Å²) in [6.45, 7) is 8.63. The number of aromatic nitrogens is 3. The van der Waals surface area contributed by atoms with Crippen molar-refractivity contribution in [2.45, 2.75) is 84.2 Å². The number of esters is 1. The van der Waals surface area contributed by atoms with Gasteiger partial charge in [0, 0.05) is 44.1 Å². The summed E-state index contributed by atoms with van der Waals surface area (Å²) < 4.78 is 20.0. The van der Waals surface area contributed by atoms with Crippen molar-refractivity contribution >= 4 is 22.4 Å². The Morgan fingerprint density at radius 3 is 2.19 bits per heavy atom. The minimum Gasteiger partial charge on any atom is -0.473 e. The lowest BCUT2D eigenvalue weighted by Crippen LogP contribution is -2.40. The summed E-state index contributed by atoms with van der Waals surface area (Å²) in [6.07, 6.45) is 8.43. The molecule has 7 rings (SSSR count). The van der Waals surface area contributed by atoms with E-state index in [0.29, 0.717) is 43.4 Å². The van der Waals surface area contributed by atoms with Gasteiger partial charge in [0.2, 0.25) is 11.8 Å². The Balaban J connectivity index is 1.05. The maximum Gasteiger partial charge on any atom is 0.306 e. The summed E-state index contributed by atoms with van der Waals surface area (Å²) in [7, 11) is 2.00. The van der Waals surface area contributed by atoms with Gasteiger partial charge in [-0.05, 0) is 99.3 Å². The van der Waals surface area contributed by atoms with Gasteiger partial charge in [-0.3, -0.25) is 14.4 Å². The Bertz CT molecular complexity index is 2010. The highest BCUT2D eigenvalue weighted by atomic mass is 16.6. The Hall–Kier alpha value is -4.95. The minimum atomic E-state index is -0.417. The monoisotopic (exact) mass is 698 g/mol. The quantitative estimate of drug-likeness (QED) is 0.127. The van der Waals surface area contributed by atoms with Gasteiger partial charge in [-0.2, -0.15) is 10.1 Å². The van der Waals surface area contributed by atoms with Gasteiger partial charge in [-0.1, -0.05) is 72.8 Å². The predicted molar refractivity (Wildman–Crippen MR) is 206 cm³/mol. The number of nitrogens with zero attached hydrogens (tertiary/aromatic N) is 4. The summed E-state index contributed by atoms with van der Waals surface area (Å²) in [4.78, 5) is 19.8. The first-order chi connectivity index (χ1) is 25.2. The first-order valence-electron chi connectivity index (χ1n) is 18.7. The Morgan fingerprint density at radius 2 is 1.54 bits per heavy atom. The molecule has 270 valence electrons. The Kier molecular flexibility index (Phi) is 10.7. The number of ether oxygens (including phenoxy) is 3. The van der Waals surface area contributed by atoms with E-state index in [1.165, 1.54) is 11.1 Å². The second kappa shape index (κ2) is 15.7. The Labute approximate surface area is 307 Å². The fraction of sp³-hybridized carbons (Fsp3) is 0.386. The lowest BCUT2D eigenvalue weighted by atomic mass is 9.83. The average molecular weight is 699 g/mol. The molecule has 0 radical (unpaired) electrons. The predicted octanol–water partition coefficient (Wildman–Crippen LogP) is 9.17. The van der Waals surface area contributed by atoms with Crippen LogP contribution < -0.4 is 9.47 Å². The van der Waals surface area contributed by atoms with E-state index in [9.17, 15) is 4.79 Å². The maximum absolute atomic E-state index is 12.4. The van der Waals surface area contributed by atoms with Crippen LogP contribution in [-0.2, 0) is 29.8 Å². The number of carbonyl (C=O) groups excluding carboxylic acids is 1. The van der Waals surface area contributed by atoms with Gasteiger partial charge in [-0.15, -0.1) is 0 Å². The number of carbonyl (C=O) groups is 1. The van der Waals surface area contributed by atoms with Crippen LogP contribution in [0.2, 0.25) is 0 Å². The van der Waals surface area contributed by atoms with Crippen molar-refractivity contribution in [1.29, 1.82) is 0 Å². The van der Waals surface area contributed by atoms with Crippen LogP contribution >= 0.6 is 0 Å². The number of benzene rings is 3. The number of hydrogen-bond donors (Lipinski definition) is 0. The van der Waals surface area contributed by atoms with Gasteiger partial charge in [0.05, 0.1) is 11.1 Å². The molecule has 0 bridgehead atoms. The van der Waals surface area contributed by atoms with Crippen LogP contribution in [0.4, 0.5) is 0 Å². The summed E-state index contributed by atoms with van der Waals surface area (Å²) >= 11 is 0. The molecule has 0 atom stereocenters. The molecule has 52 heavy (non-hydrogen) atoms. The smallest absolute Gasteiger partial charge is 0.306 e. The molecule has 2 aromatic heterocycles. The molecule has 1 fully saturated rings. The van der Waals surface area contributed by atoms with Crippen LogP contribution in [0, 0.1) is 5.92 Å². The van der Waals surface area contributed by atoms with Crippen molar-refractivity contribution in [2.24, 2.45) is 13.0 Å². The van der Waals surface area contributed by atoms with E-state index in [1.807, 2.05) is 105 Å². The normalized spacial score (nSPS) is 18.2. The zero-order valence-electron chi connectivity index (χ0n) is 30.9. The highest BCUT2D eigenvalue weighted by Crippen LogP contribution is 2.37. The van der Waals surface area contributed by atoms with Crippen molar-refractivity contribution in [1.82, 2.24) is 19.7 Å². The third-order valence-corrected chi connectivity index (χ3v) is 10.2. The van der Waals surface area contributed by atoms with Crippen molar-refractivity contribution in [3.8, 4) is 23.0 Å². The van der Waals surface area contributed by atoms with E-state index in [4.69, 9.17) is 24.3 Å². The molecule has 8 nitrogen and oxygen atoms in total. The van der Waals surface area contributed by atoms with Crippen LogP contribution in [0.1, 0.15) is 76.0 Å². The fourth-order valence-corrected chi connectivity index (χ4v) is 7.52. The highest BCUT2D eigenvalue weighted by Gasteiger charge is 2.29. The van der Waals surface area contributed by atoms with Gasteiger partial charge in [0.1, 0.15) is 24.5 Å². The van der Waals surface area contributed by atoms with Gasteiger partial charge >= 0.3 is 5.97 Å². The van der Waals surface area contributed by atoms with E-state index in [1.54, 1.807) is 0 Å². The molecule has 0 amide bonds. The topological polar surface area (TPSA) is 78.7 Å². The largest absolute Gasteiger partial charge is 0.473 e. The summed E-state index contributed by atoms with van der Waals surface area (Å²) in [5.74, 6) is 1.37. The van der Waals surface area contributed by atoms with Crippen molar-refractivity contribution < 1.29 is 19.0 Å². The molecule has 1 aliphatic heterocycles. The minimum absolute atomic E-state index is 0.0606. The second-order valence-corrected chi connectivity index (χ2v) is 15.2. The second-order valence-electron chi connectivity index (χ2n) is 15.2. The highest BCUT2D eigenvalue weighted by molar-refractivity contribution is 5.96. The van der Waals surface area contributed by atoms with Crippen molar-refractivity contribution in [3.63, 3.8) is 0 Å². The van der Waals surface area contributed by atoms with Gasteiger partial charge in [0.25, 0.3) is 0 Å². The third-order valence-electron chi connectivity index (χ3n) is 10.2. The lowest BCUT2D eigenvalue weighted by molar-refractivity contribution is -0.156. The number of pyridine rings is 1. The van der Waals surface area contributed by atoms with Crippen molar-refractivity contribution in [3.05, 3.63) is 114 Å². The SMILES string of the molecule is Cn1nc(-c2ccc(OCc3ccccc3)nc2OCc2ccccc2)c2ccc(C3=CCN(C4CCC(CC(=O)OC(C)(C)C)CC4)CC3)cc21. The van der Waals surface area contributed by atoms with Crippen LogP contribution in [-0.4, -0.2) is 50.4 Å². The van der Waals surface area contributed by atoms with Crippen LogP contribution in [0.15, 0.2) is 97.1 Å². The van der Waals surface area contributed by atoms with Gasteiger partial charge < -0.3 is 14.2 Å². The molecule has 1 aliphatic carbocycles. The molecule has 0 saturated heterocycles. The molecule has 3 aromatic carbocycles. The number of fused-ring (bicyclic) bond motifs is 1. The average Bonchev–Trinajstić information content (AvgIpc) is 3.48. The van der Waals surface area contributed by atoms with Gasteiger partial charge in [0.15, 0.2) is 0 Å². The van der Waals surface area contributed by atoms with Crippen molar-refractivity contribution in [2.75, 3.05) is 13.1 Å². The molecule has 2 aliphatic rings. The van der Waals surface area contributed by atoms with E-state index in [0.717, 1.165) is 78.5 Å². The van der Waals surface area contributed by atoms with E-state index in [-0.39, 0.29) is 5.97 Å². The van der Waals surface area contributed by atoms with E-state index < -0.39 is 5.60 Å². The molecule has 0 spiro atoms. The number of hydrogen-bond acceptors (Lipinski definition) is 7. The van der Waals surface area contributed by atoms with Crippen LogP contribution in [0.25, 0.3) is 27.7 Å². The van der Waals surface area contributed by atoms with Crippen LogP contribution in [0.5, 0.6) is 11.8 Å². The summed E-state index contributed by atoms with van der Waals surface area (Å²) in [5.41, 5.74) is 7.07. The third kappa shape index (κ3) is 8.73. The lowest BCUT2D eigenvalue weighted by Gasteiger charge is -2.38. The van der Waals surface area contributed by atoms with E-state index >= 15 is 0 Å². The molecule has 1 saturated carbocycles. The first kappa shape index (κ1) is 35.5. The van der Waals surface area contributed by atoms with Crippen LogP contribution in [0.3, 0.4) is 0 Å². The number of aryl methyl sites for hydroxylation is 1. The molecule has 0 unspecified atom stereocenters. The number of rotatable bonds is 11. The maximum atomic E-state index is 12.4. The molecule has 5 aromatic rings. The molecular formula is C44H50N4O4. The first-order valence-corrected chi connectivity index (χ1v) is 18.7. The Morgan fingerprint density at radius 1 is 0.846 bits per heavy atom. The molecular weight excluding hydrogens is 649 g/mol. The molecule has 0 N–H and O–H groups in total.